The van der Waals surface area contributed by atoms with Crippen LogP contribution in [-0.4, -0.2) is 25.2 Å². The van der Waals surface area contributed by atoms with Gasteiger partial charge in [0.1, 0.15) is 0 Å². The summed E-state index contributed by atoms with van der Waals surface area (Å²) in [5, 5.41) is 7.32. The summed E-state index contributed by atoms with van der Waals surface area (Å²) in [7, 11) is 1.71. The van der Waals surface area contributed by atoms with Crippen molar-refractivity contribution in [2.24, 2.45) is 10.2 Å². The normalized spacial score (nSPS) is 17.2. The van der Waals surface area contributed by atoms with Crippen molar-refractivity contribution < 1.29 is 4.79 Å². The quantitative estimate of drug-likeness (QED) is 0.452. The molecule has 1 rings (SSSR count). The molecular weight excluding hydrogens is 165 g/mol. The topological polar surface area (TPSA) is 45.0 Å². The molecule has 13 heavy (non-hydrogen) atoms. The molecule has 0 aromatic heterocycles. The van der Waals surface area contributed by atoms with Crippen LogP contribution in [0, 0.1) is 0 Å². The van der Waals surface area contributed by atoms with E-state index in [-0.39, 0.29) is 5.91 Å². The van der Waals surface area contributed by atoms with Gasteiger partial charge in [-0.1, -0.05) is 19.2 Å². The molecule has 0 aliphatic carbocycles. The number of carbonyl (C=O) groups is 1. The number of hydrogen-bond donors (Lipinski definition) is 0. The Morgan fingerprint density at radius 1 is 1.54 bits per heavy atom. The molecule has 0 N–H and O–H groups in total. The molecule has 1 aliphatic rings. The first kappa shape index (κ1) is 9.44. The summed E-state index contributed by atoms with van der Waals surface area (Å²) in [5.74, 6) is -0.125. The molecule has 0 unspecified atom stereocenters. The van der Waals surface area contributed by atoms with E-state index in [0.717, 1.165) is 5.57 Å². The Kier molecular flexibility index (Phi) is 2.79. The molecule has 0 fully saturated rings. The molecule has 66 valence electrons. The average molecular weight is 175 g/mol. The lowest BCUT2D eigenvalue weighted by molar-refractivity contribution is -0.121. The van der Waals surface area contributed by atoms with Gasteiger partial charge in [0, 0.05) is 18.3 Å². The number of rotatable bonds is 3. The van der Waals surface area contributed by atoms with Crippen molar-refractivity contribution in [2.45, 2.75) is 0 Å². The number of hydrogen-bond acceptors (Lipinski definition) is 3. The van der Waals surface area contributed by atoms with Crippen molar-refractivity contribution in [1.82, 2.24) is 4.81 Å². The van der Waals surface area contributed by atoms with Gasteiger partial charge in [-0.05, 0) is 0 Å². The Hall–Kier alpha value is -1.65. The Labute approximate surface area is 77.8 Å². The molecule has 4 nitrogen and oxygen atoms in total. The minimum atomic E-state index is -0.125. The van der Waals surface area contributed by atoms with E-state index in [9.17, 15) is 4.79 Å². The molecule has 1 amide bonds. The number of amides is 1. The summed E-state index contributed by atoms with van der Waals surface area (Å²) in [6.07, 6.45) is 2.91. The monoisotopic (exact) mass is 175 g/mol. The second kappa shape index (κ2) is 3.84. The van der Waals surface area contributed by atoms with Crippen LogP contribution >= 0.6 is 0 Å². The number of carbonyl (C=O) groups excluding carboxylic acids is 1. The van der Waals surface area contributed by atoms with Crippen LogP contribution in [-0.2, 0) is 4.79 Å². The molecule has 0 bridgehead atoms. The van der Waals surface area contributed by atoms with E-state index in [1.54, 1.807) is 18.9 Å². The van der Waals surface area contributed by atoms with Crippen LogP contribution in [0.4, 0.5) is 0 Å². The first-order chi connectivity index (χ1) is 6.20. The molecule has 5 heteroatoms. The summed E-state index contributed by atoms with van der Waals surface area (Å²) in [6, 6.07) is 0. The molecule has 0 aromatic carbocycles. The zero-order valence-corrected chi connectivity index (χ0v) is 7.53. The van der Waals surface area contributed by atoms with E-state index in [1.165, 1.54) is 6.20 Å². The van der Waals surface area contributed by atoms with Crippen LogP contribution in [0.2, 0.25) is 0 Å². The largest absolute Gasteiger partial charge is 0.384 e. The Bertz CT molecular complexity index is 319. The lowest BCUT2D eigenvalue weighted by Crippen LogP contribution is -2.23. The van der Waals surface area contributed by atoms with E-state index < -0.39 is 0 Å². The molecule has 0 spiro atoms. The van der Waals surface area contributed by atoms with Crippen LogP contribution < -0.4 is 0 Å². The van der Waals surface area contributed by atoms with Crippen molar-refractivity contribution in [3.05, 3.63) is 36.7 Å². The van der Waals surface area contributed by atoms with Gasteiger partial charge in [0.05, 0.1) is 0 Å². The number of nitrogens with zero attached hydrogens (tertiary/aromatic N) is 3. The van der Waals surface area contributed by atoms with Gasteiger partial charge in [0.2, 0.25) is 7.98 Å². The summed E-state index contributed by atoms with van der Waals surface area (Å²) in [4.78, 5) is 13.0. The van der Waals surface area contributed by atoms with Crippen LogP contribution in [0.15, 0.2) is 46.9 Å². The lowest BCUT2D eigenvalue weighted by atomic mass is 10.2. The summed E-state index contributed by atoms with van der Waals surface area (Å²) >= 11 is 0. The van der Waals surface area contributed by atoms with Gasteiger partial charge in [0.15, 0.2) is 5.70 Å². The van der Waals surface area contributed by atoms with Gasteiger partial charge in [0.25, 0.3) is 5.91 Å². The maximum Gasteiger partial charge on any atom is 0.262 e. The van der Waals surface area contributed by atoms with E-state index in [0.29, 0.717) is 12.2 Å². The maximum atomic E-state index is 11.4. The number of azo groups is 1. The molecule has 1 heterocycles. The van der Waals surface area contributed by atoms with E-state index in [2.05, 4.69) is 23.4 Å². The highest BCUT2D eigenvalue weighted by atomic mass is 16.2. The fourth-order valence-electron chi connectivity index (χ4n) is 1.09. The molecule has 0 saturated heterocycles. The van der Waals surface area contributed by atoms with Gasteiger partial charge in [-0.25, -0.2) is 0 Å². The van der Waals surface area contributed by atoms with E-state index in [1.807, 2.05) is 0 Å². The predicted molar refractivity (Wildman–Crippen MR) is 52.5 cm³/mol. The molecule has 1 aliphatic heterocycles. The van der Waals surface area contributed by atoms with Crippen molar-refractivity contribution in [1.29, 1.82) is 0 Å². The fraction of sp³-hybridized carbons (Fsp3) is 0.125. The zero-order chi connectivity index (χ0) is 9.84. The molecule has 0 radical (unpaired) electrons. The molecule has 0 atom stereocenters. The van der Waals surface area contributed by atoms with Crippen molar-refractivity contribution in [3.63, 3.8) is 0 Å². The predicted octanol–water partition coefficient (Wildman–Crippen LogP) is 0.413. The highest BCUT2D eigenvalue weighted by Gasteiger charge is 2.25. The van der Waals surface area contributed by atoms with Crippen molar-refractivity contribution in [2.75, 3.05) is 6.54 Å². The van der Waals surface area contributed by atoms with Crippen LogP contribution in [0.1, 0.15) is 0 Å². The smallest absolute Gasteiger partial charge is 0.262 e. The van der Waals surface area contributed by atoms with Crippen LogP contribution in [0.5, 0.6) is 0 Å². The van der Waals surface area contributed by atoms with E-state index in [4.69, 9.17) is 0 Å². The second-order valence-corrected chi connectivity index (χ2v) is 2.64. The van der Waals surface area contributed by atoms with Gasteiger partial charge >= 0.3 is 0 Å². The van der Waals surface area contributed by atoms with E-state index >= 15 is 0 Å². The molecule has 0 aromatic rings. The van der Waals surface area contributed by atoms with Crippen molar-refractivity contribution >= 4 is 13.9 Å². The fourth-order valence-corrected chi connectivity index (χ4v) is 1.09. The SMILES string of the molecule is BN1CC(C=C)=C(/N=N\C=C)C1=O. The standard InChI is InChI=1S/C8H10BN3O/c1-3-6-5-12(9)8(13)7(6)11-10-4-2/h3-4H,1-2,5,9H2/b11-10-. The first-order valence-electron chi connectivity index (χ1n) is 3.83. The Morgan fingerprint density at radius 2 is 2.23 bits per heavy atom. The third-order valence-corrected chi connectivity index (χ3v) is 1.75. The minimum absolute atomic E-state index is 0.125. The average Bonchev–Trinajstić information content (AvgIpc) is 2.40. The minimum Gasteiger partial charge on any atom is -0.384 e. The summed E-state index contributed by atoms with van der Waals surface area (Å²) in [5.41, 5.74) is 1.16. The van der Waals surface area contributed by atoms with Gasteiger partial charge in [-0.15, -0.1) is 5.11 Å². The van der Waals surface area contributed by atoms with Gasteiger partial charge in [-0.2, -0.15) is 5.11 Å². The second-order valence-electron chi connectivity index (χ2n) is 2.64. The third kappa shape index (κ3) is 1.74. The Morgan fingerprint density at radius 3 is 2.77 bits per heavy atom. The summed E-state index contributed by atoms with van der Waals surface area (Å²) < 4.78 is 0. The first-order valence-corrected chi connectivity index (χ1v) is 3.83. The lowest BCUT2D eigenvalue weighted by Gasteiger charge is -2.06. The third-order valence-electron chi connectivity index (χ3n) is 1.75. The van der Waals surface area contributed by atoms with Crippen molar-refractivity contribution in [3.8, 4) is 0 Å². The highest BCUT2D eigenvalue weighted by Crippen LogP contribution is 2.19. The van der Waals surface area contributed by atoms with Gasteiger partial charge in [-0.3, -0.25) is 4.79 Å². The Balaban J connectivity index is 3.00. The van der Waals surface area contributed by atoms with Gasteiger partial charge < -0.3 is 4.81 Å². The molecule has 0 saturated carbocycles. The van der Waals surface area contributed by atoms with Crippen LogP contribution in [0.3, 0.4) is 0 Å². The highest BCUT2D eigenvalue weighted by molar-refractivity contribution is 6.19. The maximum absolute atomic E-state index is 11.4. The summed E-state index contributed by atoms with van der Waals surface area (Å²) in [6.45, 7) is 7.54. The van der Waals surface area contributed by atoms with Crippen LogP contribution in [0.25, 0.3) is 0 Å². The zero-order valence-electron chi connectivity index (χ0n) is 7.53. The molecular formula is C8H10BN3O.